The molecule has 5 heteroatoms. The first-order valence-corrected chi connectivity index (χ1v) is 8.27. The first-order chi connectivity index (χ1) is 8.70. The maximum Gasteiger partial charge on any atom is 0.264 e. The van der Waals surface area contributed by atoms with Crippen LogP contribution in [0, 0.1) is 5.92 Å². The molecule has 0 bridgehead atoms. The van der Waals surface area contributed by atoms with E-state index in [0.717, 1.165) is 17.8 Å². The van der Waals surface area contributed by atoms with Crippen LogP contribution in [0.25, 0.3) is 9.40 Å². The number of carbonyl (C=O) groups excluding carboxylic acids is 1. The molecular weight excluding hydrogens is 286 g/mol. The van der Waals surface area contributed by atoms with Crippen molar-refractivity contribution in [2.45, 2.75) is 19.4 Å². The van der Waals surface area contributed by atoms with Gasteiger partial charge in [-0.05, 0) is 29.9 Å². The molecule has 2 unspecified atom stereocenters. The summed E-state index contributed by atoms with van der Waals surface area (Å²) in [6, 6.07) is 4.29. The van der Waals surface area contributed by atoms with Crippen LogP contribution in [-0.4, -0.2) is 29.3 Å². The van der Waals surface area contributed by atoms with Crippen molar-refractivity contribution in [2.24, 2.45) is 5.92 Å². The number of nitrogens with zero attached hydrogens (tertiary/aromatic N) is 1. The molecule has 1 aliphatic heterocycles. The van der Waals surface area contributed by atoms with Gasteiger partial charge in [0.15, 0.2) is 0 Å². The van der Waals surface area contributed by atoms with Gasteiger partial charge < -0.3 is 4.90 Å². The quantitative estimate of drug-likeness (QED) is 0.766. The molecule has 2 aromatic heterocycles. The lowest BCUT2D eigenvalue weighted by atomic mass is 10.1. The zero-order valence-corrected chi connectivity index (χ0v) is 12.4. The van der Waals surface area contributed by atoms with Gasteiger partial charge >= 0.3 is 0 Å². The average Bonchev–Trinajstić information content (AvgIpc) is 3.00. The van der Waals surface area contributed by atoms with Crippen LogP contribution in [0.15, 0.2) is 17.5 Å². The number of carbonyl (C=O) groups is 1. The molecule has 3 heterocycles. The van der Waals surface area contributed by atoms with Crippen LogP contribution < -0.4 is 0 Å². The monoisotopic (exact) mass is 299 g/mol. The Labute approximate surface area is 119 Å². The Morgan fingerprint density at radius 3 is 3.11 bits per heavy atom. The van der Waals surface area contributed by atoms with E-state index in [0.29, 0.717) is 11.8 Å². The molecule has 18 heavy (non-hydrogen) atoms. The van der Waals surface area contributed by atoms with E-state index in [4.69, 9.17) is 11.6 Å². The zero-order valence-electron chi connectivity index (χ0n) is 10.1. The van der Waals surface area contributed by atoms with E-state index in [2.05, 4.69) is 18.4 Å². The molecule has 2 atom stereocenters. The van der Waals surface area contributed by atoms with Crippen molar-refractivity contribution in [2.75, 3.05) is 12.4 Å². The molecule has 2 nitrogen and oxygen atoms in total. The normalized spacial score (nSPS) is 24.0. The second-order valence-corrected chi connectivity index (χ2v) is 7.09. The van der Waals surface area contributed by atoms with Gasteiger partial charge in [0.2, 0.25) is 0 Å². The van der Waals surface area contributed by atoms with E-state index in [1.165, 1.54) is 9.40 Å². The predicted octanol–water partition coefficient (Wildman–Crippen LogP) is 4.05. The molecule has 0 radical (unpaired) electrons. The van der Waals surface area contributed by atoms with Gasteiger partial charge in [-0.25, -0.2) is 0 Å². The molecule has 0 N–H and O–H groups in total. The third-order valence-corrected chi connectivity index (χ3v) is 6.05. The molecule has 0 saturated carbocycles. The molecule has 0 spiro atoms. The Hall–Kier alpha value is -0.580. The minimum absolute atomic E-state index is 0.151. The molecular formula is C13H14ClNOS2. The number of rotatable bonds is 2. The lowest BCUT2D eigenvalue weighted by Gasteiger charge is -2.24. The first-order valence-electron chi connectivity index (χ1n) is 6.04. The molecule has 1 aliphatic rings. The largest absolute Gasteiger partial charge is 0.333 e. The summed E-state index contributed by atoms with van der Waals surface area (Å²) in [5.74, 6) is 1.19. The Kier molecular flexibility index (Phi) is 3.34. The van der Waals surface area contributed by atoms with E-state index < -0.39 is 0 Å². The minimum atomic E-state index is 0.151. The highest BCUT2D eigenvalue weighted by Gasteiger charge is 2.34. The van der Waals surface area contributed by atoms with Gasteiger partial charge in [0.05, 0.1) is 4.88 Å². The number of amides is 1. The lowest BCUT2D eigenvalue weighted by Crippen LogP contribution is -2.38. The van der Waals surface area contributed by atoms with Gasteiger partial charge in [0.25, 0.3) is 5.91 Å². The average molecular weight is 300 g/mol. The maximum absolute atomic E-state index is 12.5. The van der Waals surface area contributed by atoms with Crippen LogP contribution >= 0.6 is 34.3 Å². The topological polar surface area (TPSA) is 20.3 Å². The fourth-order valence-corrected chi connectivity index (χ4v) is 5.04. The molecule has 1 amide bonds. The number of thiophene rings is 2. The highest BCUT2D eigenvalue weighted by atomic mass is 35.5. The number of hydrogen-bond donors (Lipinski definition) is 0. The van der Waals surface area contributed by atoms with E-state index in [1.54, 1.807) is 22.7 Å². The van der Waals surface area contributed by atoms with Gasteiger partial charge in [0, 0.05) is 27.9 Å². The van der Waals surface area contributed by atoms with Crippen LogP contribution in [0.4, 0.5) is 0 Å². The summed E-state index contributed by atoms with van der Waals surface area (Å²) in [6.07, 6.45) is 1.06. The van der Waals surface area contributed by atoms with Crippen molar-refractivity contribution in [1.29, 1.82) is 0 Å². The number of halogens is 1. The molecule has 3 rings (SSSR count). The molecule has 0 aliphatic carbocycles. The fourth-order valence-electron chi connectivity index (χ4n) is 2.51. The van der Waals surface area contributed by atoms with Crippen LogP contribution in [0.3, 0.4) is 0 Å². The van der Waals surface area contributed by atoms with Crippen molar-refractivity contribution in [3.05, 3.63) is 22.4 Å². The minimum Gasteiger partial charge on any atom is -0.333 e. The fraction of sp³-hybridized carbons (Fsp3) is 0.462. The predicted molar refractivity (Wildman–Crippen MR) is 79.0 cm³/mol. The third kappa shape index (κ3) is 1.96. The Bertz CT molecular complexity index is 548. The van der Waals surface area contributed by atoms with Gasteiger partial charge in [-0.2, -0.15) is 0 Å². The van der Waals surface area contributed by atoms with E-state index in [1.807, 2.05) is 11.0 Å². The molecule has 1 fully saturated rings. The summed E-state index contributed by atoms with van der Waals surface area (Å²) >= 11 is 9.28. The number of fused-ring (bicyclic) bond motifs is 1. The summed E-state index contributed by atoms with van der Waals surface area (Å²) in [6.45, 7) is 3.01. The summed E-state index contributed by atoms with van der Waals surface area (Å²) in [4.78, 5) is 15.3. The number of hydrogen-bond acceptors (Lipinski definition) is 3. The van der Waals surface area contributed by atoms with Gasteiger partial charge in [0.1, 0.15) is 0 Å². The summed E-state index contributed by atoms with van der Waals surface area (Å²) in [5.41, 5.74) is 0. The molecule has 1 saturated heterocycles. The standard InChI is InChI=1S/C13H14ClNOS2/c1-8-2-4-15(9(8)7-14)13(16)12-6-11-10(18-12)3-5-17-11/h3,5-6,8-9H,2,4,7H2,1H3. The van der Waals surface area contributed by atoms with E-state index in [9.17, 15) is 4.79 Å². The summed E-state index contributed by atoms with van der Waals surface area (Å²) in [7, 11) is 0. The smallest absolute Gasteiger partial charge is 0.264 e. The first kappa shape index (κ1) is 12.5. The lowest BCUT2D eigenvalue weighted by molar-refractivity contribution is 0.0742. The van der Waals surface area contributed by atoms with Crippen LogP contribution in [0.5, 0.6) is 0 Å². The second kappa shape index (κ2) is 4.83. The van der Waals surface area contributed by atoms with Crippen molar-refractivity contribution in [3.8, 4) is 0 Å². The Morgan fingerprint density at radius 1 is 1.56 bits per heavy atom. The van der Waals surface area contributed by atoms with Crippen molar-refractivity contribution < 1.29 is 4.79 Å². The van der Waals surface area contributed by atoms with Gasteiger partial charge in [-0.1, -0.05) is 6.92 Å². The molecule has 2 aromatic rings. The summed E-state index contributed by atoms with van der Waals surface area (Å²) < 4.78 is 2.41. The number of likely N-dealkylation sites (tertiary alicyclic amines) is 1. The zero-order chi connectivity index (χ0) is 12.7. The van der Waals surface area contributed by atoms with Gasteiger partial charge in [-0.15, -0.1) is 34.3 Å². The third-order valence-electron chi connectivity index (χ3n) is 3.65. The Balaban J connectivity index is 1.88. The van der Waals surface area contributed by atoms with E-state index in [-0.39, 0.29) is 11.9 Å². The van der Waals surface area contributed by atoms with Gasteiger partial charge in [-0.3, -0.25) is 4.79 Å². The van der Waals surface area contributed by atoms with Crippen molar-refractivity contribution in [3.63, 3.8) is 0 Å². The number of alkyl halides is 1. The van der Waals surface area contributed by atoms with Crippen LogP contribution in [0.2, 0.25) is 0 Å². The highest BCUT2D eigenvalue weighted by Crippen LogP contribution is 2.33. The van der Waals surface area contributed by atoms with Crippen molar-refractivity contribution >= 4 is 49.6 Å². The summed E-state index contributed by atoms with van der Waals surface area (Å²) in [5, 5.41) is 2.06. The SMILES string of the molecule is CC1CCN(C(=O)c2cc3sccc3s2)C1CCl. The second-order valence-electron chi connectivity index (χ2n) is 4.75. The van der Waals surface area contributed by atoms with Crippen molar-refractivity contribution in [1.82, 2.24) is 4.90 Å². The van der Waals surface area contributed by atoms with Crippen LogP contribution in [-0.2, 0) is 0 Å². The molecule has 0 aromatic carbocycles. The van der Waals surface area contributed by atoms with E-state index >= 15 is 0 Å². The Morgan fingerprint density at radius 2 is 2.39 bits per heavy atom. The highest BCUT2D eigenvalue weighted by molar-refractivity contribution is 7.27. The van der Waals surface area contributed by atoms with Crippen LogP contribution in [0.1, 0.15) is 23.0 Å². The molecule has 96 valence electrons. The maximum atomic E-state index is 12.5.